The lowest BCUT2D eigenvalue weighted by Gasteiger charge is -2.12. The molecule has 1 saturated heterocycles. The van der Waals surface area contributed by atoms with Crippen molar-refractivity contribution in [3.63, 3.8) is 0 Å². The van der Waals surface area contributed by atoms with Crippen LogP contribution in [0.4, 0.5) is 10.5 Å². The van der Waals surface area contributed by atoms with Crippen LogP contribution in [0, 0.1) is 32.1 Å². The summed E-state index contributed by atoms with van der Waals surface area (Å²) in [6.07, 6.45) is 1.63. The molecular formula is C33H29N5O4. The van der Waals surface area contributed by atoms with E-state index in [9.17, 15) is 19.6 Å². The summed E-state index contributed by atoms with van der Waals surface area (Å²) in [4.78, 5) is 39.0. The number of amides is 4. The first-order chi connectivity index (χ1) is 20.2. The molecule has 0 radical (unpaired) electrons. The predicted octanol–water partition coefficient (Wildman–Crippen LogP) is 5.38. The van der Waals surface area contributed by atoms with Gasteiger partial charge in [0.15, 0.2) is 0 Å². The van der Waals surface area contributed by atoms with Crippen LogP contribution in [0.3, 0.4) is 0 Å². The molecule has 9 heteroatoms. The monoisotopic (exact) mass is 559 g/mol. The third kappa shape index (κ3) is 5.93. The fourth-order valence-electron chi connectivity index (χ4n) is 4.79. The van der Waals surface area contributed by atoms with E-state index < -0.39 is 24.4 Å². The first kappa shape index (κ1) is 27.9. The maximum Gasteiger partial charge on any atom is 0.329 e. The Labute approximate surface area is 243 Å². The highest BCUT2D eigenvalue weighted by atomic mass is 16.5. The standard InChI is InChI=1S/C33H29N5O4/c1-21-8-10-27(11-9-21)35-31(39)19-37-32(40)30(36-33(37)41)17-26-16-22(2)38(23(26)3)28-12-14-29(15-13-28)42-20-25-7-5-4-6-24(25)18-34/h4-17H,19-20H2,1-3H3,(H,35,39)(H,36,41)/b30-17+. The Morgan fingerprint density at radius 2 is 1.71 bits per heavy atom. The quantitative estimate of drug-likeness (QED) is 0.222. The van der Waals surface area contributed by atoms with E-state index in [0.717, 1.165) is 38.7 Å². The summed E-state index contributed by atoms with van der Waals surface area (Å²) in [5.74, 6) is -0.367. The van der Waals surface area contributed by atoms with Crippen molar-refractivity contribution >= 4 is 29.6 Å². The second-order valence-corrected chi connectivity index (χ2v) is 10.0. The van der Waals surface area contributed by atoms with E-state index in [2.05, 4.69) is 16.7 Å². The molecule has 2 N–H and O–H groups in total. The van der Waals surface area contributed by atoms with Crippen LogP contribution in [-0.2, 0) is 16.2 Å². The van der Waals surface area contributed by atoms with Crippen LogP contribution in [0.2, 0.25) is 0 Å². The lowest BCUT2D eigenvalue weighted by molar-refractivity contribution is -0.127. The smallest absolute Gasteiger partial charge is 0.329 e. The molecule has 9 nitrogen and oxygen atoms in total. The fraction of sp³-hybridized carbons (Fsp3) is 0.152. The number of hydrogen-bond donors (Lipinski definition) is 2. The van der Waals surface area contributed by atoms with Gasteiger partial charge in [0.25, 0.3) is 5.91 Å². The second kappa shape index (κ2) is 11.9. The predicted molar refractivity (Wildman–Crippen MR) is 159 cm³/mol. The SMILES string of the molecule is Cc1ccc(NC(=O)CN2C(=O)N/C(=C/c3cc(C)n(-c4ccc(OCc5ccccc5C#N)cc4)c3C)C2=O)cc1. The lowest BCUT2D eigenvalue weighted by atomic mass is 10.1. The van der Waals surface area contributed by atoms with Gasteiger partial charge in [-0.2, -0.15) is 5.26 Å². The minimum atomic E-state index is -0.646. The third-order valence-corrected chi connectivity index (χ3v) is 7.00. The van der Waals surface area contributed by atoms with Crippen molar-refractivity contribution in [2.24, 2.45) is 0 Å². The number of nitrogens with zero attached hydrogens (tertiary/aromatic N) is 3. The Hall–Kier alpha value is -5.62. The molecule has 42 heavy (non-hydrogen) atoms. The molecule has 1 aliphatic rings. The maximum atomic E-state index is 13.0. The number of aromatic nitrogens is 1. The summed E-state index contributed by atoms with van der Waals surface area (Å²) in [6, 6.07) is 25.6. The molecule has 4 amide bonds. The summed E-state index contributed by atoms with van der Waals surface area (Å²) in [6.45, 7) is 5.71. The van der Waals surface area contributed by atoms with Crippen molar-refractivity contribution in [3.05, 3.63) is 118 Å². The van der Waals surface area contributed by atoms with Crippen LogP contribution in [0.1, 0.15) is 33.6 Å². The number of imide groups is 1. The first-order valence-corrected chi connectivity index (χ1v) is 13.3. The number of nitriles is 1. The molecule has 210 valence electrons. The first-order valence-electron chi connectivity index (χ1n) is 13.3. The number of benzene rings is 3. The van der Waals surface area contributed by atoms with Gasteiger partial charge in [-0.15, -0.1) is 0 Å². The van der Waals surface area contributed by atoms with Gasteiger partial charge < -0.3 is 19.9 Å². The molecule has 2 heterocycles. The number of aryl methyl sites for hydroxylation is 2. The van der Waals surface area contributed by atoms with Crippen LogP contribution in [0.25, 0.3) is 11.8 Å². The van der Waals surface area contributed by atoms with Crippen LogP contribution in [-0.4, -0.2) is 33.9 Å². The van der Waals surface area contributed by atoms with E-state index in [0.29, 0.717) is 17.0 Å². The minimum absolute atomic E-state index is 0.102. The van der Waals surface area contributed by atoms with Crippen molar-refractivity contribution in [1.82, 2.24) is 14.8 Å². The Morgan fingerprint density at radius 3 is 2.43 bits per heavy atom. The molecule has 0 aliphatic carbocycles. The van der Waals surface area contributed by atoms with Crippen molar-refractivity contribution in [2.75, 3.05) is 11.9 Å². The minimum Gasteiger partial charge on any atom is -0.489 e. The molecule has 3 aromatic carbocycles. The van der Waals surface area contributed by atoms with Gasteiger partial charge in [0.2, 0.25) is 5.91 Å². The highest BCUT2D eigenvalue weighted by molar-refractivity contribution is 6.16. The highest BCUT2D eigenvalue weighted by Gasteiger charge is 2.35. The number of carbonyl (C=O) groups is 3. The molecule has 0 saturated carbocycles. The third-order valence-electron chi connectivity index (χ3n) is 7.00. The molecule has 0 bridgehead atoms. The van der Waals surface area contributed by atoms with Crippen LogP contribution < -0.4 is 15.4 Å². The Kier molecular flexibility index (Phi) is 7.89. The topological polar surface area (TPSA) is 116 Å². The largest absolute Gasteiger partial charge is 0.489 e. The Balaban J connectivity index is 1.27. The van der Waals surface area contributed by atoms with E-state index in [1.165, 1.54) is 0 Å². The van der Waals surface area contributed by atoms with E-state index >= 15 is 0 Å². The average Bonchev–Trinajstić information content (AvgIpc) is 3.41. The van der Waals surface area contributed by atoms with Crippen molar-refractivity contribution in [1.29, 1.82) is 5.26 Å². The molecule has 0 spiro atoms. The number of ether oxygens (including phenoxy) is 1. The van der Waals surface area contributed by atoms with Gasteiger partial charge in [0.1, 0.15) is 24.6 Å². The molecule has 1 aromatic heterocycles. The zero-order chi connectivity index (χ0) is 29.8. The molecule has 0 atom stereocenters. The average molecular weight is 560 g/mol. The van der Waals surface area contributed by atoms with Crippen LogP contribution in [0.15, 0.2) is 84.6 Å². The van der Waals surface area contributed by atoms with E-state index in [4.69, 9.17) is 4.74 Å². The molecule has 0 unspecified atom stereocenters. The molecule has 1 fully saturated rings. The maximum absolute atomic E-state index is 13.0. The number of rotatable bonds is 8. The summed E-state index contributed by atoms with van der Waals surface area (Å²) >= 11 is 0. The van der Waals surface area contributed by atoms with Gasteiger partial charge in [-0.1, -0.05) is 35.9 Å². The fourth-order valence-corrected chi connectivity index (χ4v) is 4.79. The second-order valence-electron chi connectivity index (χ2n) is 10.0. The normalized spacial score (nSPS) is 13.7. The number of hydrogen-bond acceptors (Lipinski definition) is 5. The van der Waals surface area contributed by atoms with Gasteiger partial charge in [0.05, 0.1) is 11.6 Å². The number of urea groups is 1. The summed E-state index contributed by atoms with van der Waals surface area (Å²) in [7, 11) is 0. The Morgan fingerprint density at radius 1 is 1.00 bits per heavy atom. The van der Waals surface area contributed by atoms with Gasteiger partial charge in [-0.3, -0.25) is 9.59 Å². The van der Waals surface area contributed by atoms with Gasteiger partial charge in [-0.25, -0.2) is 9.69 Å². The van der Waals surface area contributed by atoms with Crippen LogP contribution in [0.5, 0.6) is 5.75 Å². The Bertz CT molecular complexity index is 1740. The molecule has 5 rings (SSSR count). The summed E-state index contributed by atoms with van der Waals surface area (Å²) < 4.78 is 7.93. The lowest BCUT2D eigenvalue weighted by Crippen LogP contribution is -2.38. The van der Waals surface area contributed by atoms with Gasteiger partial charge >= 0.3 is 6.03 Å². The van der Waals surface area contributed by atoms with E-state index in [1.807, 2.05) is 86.0 Å². The summed E-state index contributed by atoms with van der Waals surface area (Å²) in [5.41, 5.74) is 6.60. The zero-order valence-electron chi connectivity index (χ0n) is 23.5. The summed E-state index contributed by atoms with van der Waals surface area (Å²) in [5, 5.41) is 14.6. The van der Waals surface area contributed by atoms with Crippen molar-refractivity contribution in [3.8, 4) is 17.5 Å². The van der Waals surface area contributed by atoms with Crippen molar-refractivity contribution in [2.45, 2.75) is 27.4 Å². The van der Waals surface area contributed by atoms with Crippen LogP contribution >= 0.6 is 0 Å². The molecule has 1 aliphatic heterocycles. The number of nitrogens with one attached hydrogen (secondary N) is 2. The van der Waals surface area contributed by atoms with E-state index in [1.54, 1.807) is 24.3 Å². The van der Waals surface area contributed by atoms with Gasteiger partial charge in [0, 0.05) is 28.3 Å². The highest BCUT2D eigenvalue weighted by Crippen LogP contribution is 2.26. The number of carbonyl (C=O) groups excluding carboxylic acids is 3. The van der Waals surface area contributed by atoms with Gasteiger partial charge in [-0.05, 0) is 80.9 Å². The zero-order valence-corrected chi connectivity index (χ0v) is 23.5. The molecular weight excluding hydrogens is 530 g/mol. The van der Waals surface area contributed by atoms with Crippen molar-refractivity contribution < 1.29 is 19.1 Å². The van der Waals surface area contributed by atoms with E-state index in [-0.39, 0.29) is 12.3 Å². The molecule has 4 aromatic rings. The number of anilines is 1.